The van der Waals surface area contributed by atoms with Crippen LogP contribution in [-0.4, -0.2) is 34.6 Å². The minimum Gasteiger partial charge on any atom is -0.368 e. The first kappa shape index (κ1) is 15.4. The van der Waals surface area contributed by atoms with Gasteiger partial charge in [-0.2, -0.15) is 16.7 Å². The molecule has 2 heterocycles. The molecule has 1 unspecified atom stereocenters. The van der Waals surface area contributed by atoms with Crippen molar-refractivity contribution in [3.63, 3.8) is 0 Å². The number of hydrogen-bond acceptors (Lipinski definition) is 6. The highest BCUT2D eigenvalue weighted by molar-refractivity contribution is 7.99. The van der Waals surface area contributed by atoms with E-state index >= 15 is 0 Å². The van der Waals surface area contributed by atoms with E-state index in [-0.39, 0.29) is 0 Å². The second-order valence-corrected chi connectivity index (χ2v) is 7.03. The van der Waals surface area contributed by atoms with Crippen LogP contribution < -0.4 is 10.6 Å². The van der Waals surface area contributed by atoms with Crippen LogP contribution in [0.3, 0.4) is 0 Å². The van der Waals surface area contributed by atoms with Crippen molar-refractivity contribution in [3.05, 3.63) is 10.9 Å². The maximum atomic E-state index is 4.61. The number of hydrogen-bond donors (Lipinski definition) is 2. The van der Waals surface area contributed by atoms with Gasteiger partial charge in [0.2, 0.25) is 5.95 Å². The van der Waals surface area contributed by atoms with E-state index in [4.69, 9.17) is 0 Å². The summed E-state index contributed by atoms with van der Waals surface area (Å²) in [6.07, 6.45) is 3.17. The zero-order valence-electron chi connectivity index (χ0n) is 12.5. The second-order valence-electron chi connectivity index (χ2n) is 4.64. The molecule has 0 radical (unpaired) electrons. The predicted molar refractivity (Wildman–Crippen MR) is 92.4 cm³/mol. The summed E-state index contributed by atoms with van der Waals surface area (Å²) in [6, 6.07) is 2.21. The summed E-state index contributed by atoms with van der Waals surface area (Å²) in [7, 11) is 0. The van der Waals surface area contributed by atoms with Gasteiger partial charge in [-0.1, -0.05) is 13.8 Å². The van der Waals surface area contributed by atoms with Crippen LogP contribution in [-0.2, 0) is 6.42 Å². The SMILES string of the molecule is CCNc1nc(NCC(C)SC)c2cc(CC)sc2n1. The monoisotopic (exact) mass is 310 g/mol. The van der Waals surface area contributed by atoms with Crippen molar-refractivity contribution in [3.8, 4) is 0 Å². The van der Waals surface area contributed by atoms with Crippen LogP contribution in [0, 0.1) is 0 Å². The van der Waals surface area contributed by atoms with Gasteiger partial charge in [0.15, 0.2) is 0 Å². The smallest absolute Gasteiger partial charge is 0.226 e. The van der Waals surface area contributed by atoms with Gasteiger partial charge in [0.25, 0.3) is 0 Å². The highest BCUT2D eigenvalue weighted by Gasteiger charge is 2.11. The van der Waals surface area contributed by atoms with E-state index in [1.807, 2.05) is 11.8 Å². The largest absolute Gasteiger partial charge is 0.368 e. The summed E-state index contributed by atoms with van der Waals surface area (Å²) >= 11 is 3.61. The molecule has 0 aliphatic carbocycles. The Morgan fingerprint density at radius 3 is 2.75 bits per heavy atom. The van der Waals surface area contributed by atoms with E-state index in [1.54, 1.807) is 11.3 Å². The summed E-state index contributed by atoms with van der Waals surface area (Å²) in [5.74, 6) is 1.66. The Bertz CT molecular complexity index is 568. The Balaban J connectivity index is 2.34. The van der Waals surface area contributed by atoms with Crippen molar-refractivity contribution in [2.24, 2.45) is 0 Å². The molecule has 0 aromatic carbocycles. The lowest BCUT2D eigenvalue weighted by Crippen LogP contribution is -2.14. The summed E-state index contributed by atoms with van der Waals surface area (Å²) in [6.45, 7) is 8.19. The summed E-state index contributed by atoms with van der Waals surface area (Å²) in [5, 5.41) is 8.38. The van der Waals surface area contributed by atoms with Crippen molar-refractivity contribution >= 4 is 45.1 Å². The Labute approximate surface area is 128 Å². The molecule has 0 aliphatic rings. The highest BCUT2D eigenvalue weighted by atomic mass is 32.2. The van der Waals surface area contributed by atoms with Crippen molar-refractivity contribution in [2.75, 3.05) is 30.0 Å². The Morgan fingerprint density at radius 2 is 2.10 bits per heavy atom. The number of anilines is 2. The van der Waals surface area contributed by atoms with Crippen molar-refractivity contribution in [1.29, 1.82) is 0 Å². The van der Waals surface area contributed by atoms with E-state index in [2.05, 4.69) is 53.7 Å². The molecule has 0 spiro atoms. The Kier molecular flexibility index (Phi) is 5.48. The van der Waals surface area contributed by atoms with Crippen molar-refractivity contribution in [1.82, 2.24) is 9.97 Å². The van der Waals surface area contributed by atoms with Crippen LogP contribution in [0.1, 0.15) is 25.6 Å². The van der Waals surface area contributed by atoms with Gasteiger partial charge in [0.1, 0.15) is 10.6 Å². The number of rotatable bonds is 7. The van der Waals surface area contributed by atoms with Crippen LogP contribution in [0.2, 0.25) is 0 Å². The number of thioether (sulfide) groups is 1. The zero-order valence-corrected chi connectivity index (χ0v) is 14.1. The molecule has 0 saturated heterocycles. The van der Waals surface area contributed by atoms with Crippen molar-refractivity contribution in [2.45, 2.75) is 32.4 Å². The molecular formula is C14H22N4S2. The lowest BCUT2D eigenvalue weighted by Gasteiger charge is -2.12. The molecule has 0 bridgehead atoms. The minimum absolute atomic E-state index is 0.562. The molecule has 110 valence electrons. The molecule has 0 saturated carbocycles. The van der Waals surface area contributed by atoms with Gasteiger partial charge in [0, 0.05) is 23.2 Å². The molecule has 1 atom stereocenters. The van der Waals surface area contributed by atoms with E-state index < -0.39 is 0 Å². The number of thiophene rings is 1. The molecule has 2 aromatic rings. The van der Waals surface area contributed by atoms with Crippen molar-refractivity contribution < 1.29 is 0 Å². The standard InChI is InChI=1S/C14H22N4S2/c1-5-10-7-11-12(16-8-9(3)19-4)17-14(15-6-2)18-13(11)20-10/h7,9H,5-6,8H2,1-4H3,(H2,15,16,17,18). The van der Waals surface area contributed by atoms with Gasteiger partial charge in [0.05, 0.1) is 5.39 Å². The third kappa shape index (κ3) is 3.55. The van der Waals surface area contributed by atoms with Gasteiger partial charge in [-0.3, -0.25) is 0 Å². The second kappa shape index (κ2) is 7.13. The molecule has 20 heavy (non-hydrogen) atoms. The number of nitrogens with zero attached hydrogens (tertiary/aromatic N) is 2. The molecule has 2 rings (SSSR count). The van der Waals surface area contributed by atoms with Crippen LogP contribution >= 0.6 is 23.1 Å². The van der Waals surface area contributed by atoms with Gasteiger partial charge in [-0.25, -0.2) is 4.98 Å². The Hall–Kier alpha value is -1.01. The Morgan fingerprint density at radius 1 is 1.30 bits per heavy atom. The number of aromatic nitrogens is 2. The number of nitrogens with one attached hydrogen (secondary N) is 2. The van der Waals surface area contributed by atoms with Crippen LogP contribution in [0.4, 0.5) is 11.8 Å². The normalized spacial score (nSPS) is 12.6. The number of fused-ring (bicyclic) bond motifs is 1. The van der Waals surface area contributed by atoms with E-state index in [9.17, 15) is 0 Å². The van der Waals surface area contributed by atoms with Crippen LogP contribution in [0.5, 0.6) is 0 Å². The minimum atomic E-state index is 0.562. The van der Waals surface area contributed by atoms with Crippen LogP contribution in [0.25, 0.3) is 10.2 Å². The molecule has 0 fully saturated rings. The van der Waals surface area contributed by atoms with Gasteiger partial charge in [-0.05, 0) is 25.7 Å². The third-order valence-electron chi connectivity index (χ3n) is 3.09. The van der Waals surface area contributed by atoms with E-state index in [1.165, 1.54) is 4.88 Å². The fourth-order valence-corrected chi connectivity index (χ4v) is 3.06. The lowest BCUT2D eigenvalue weighted by atomic mass is 10.3. The van der Waals surface area contributed by atoms with Crippen LogP contribution in [0.15, 0.2) is 6.07 Å². The topological polar surface area (TPSA) is 49.8 Å². The van der Waals surface area contributed by atoms with E-state index in [0.717, 1.165) is 35.5 Å². The fourth-order valence-electron chi connectivity index (χ4n) is 1.84. The quantitative estimate of drug-likeness (QED) is 0.813. The average Bonchev–Trinajstić information content (AvgIpc) is 2.87. The maximum absolute atomic E-state index is 4.61. The molecule has 0 aliphatic heterocycles. The van der Waals surface area contributed by atoms with E-state index in [0.29, 0.717) is 11.2 Å². The first-order valence-corrected chi connectivity index (χ1v) is 9.09. The summed E-state index contributed by atoms with van der Waals surface area (Å²) in [4.78, 5) is 11.6. The first-order chi connectivity index (χ1) is 9.67. The zero-order chi connectivity index (χ0) is 14.5. The first-order valence-electron chi connectivity index (χ1n) is 6.98. The molecule has 4 nitrogen and oxygen atoms in total. The maximum Gasteiger partial charge on any atom is 0.226 e. The number of aryl methyl sites for hydroxylation is 1. The molecule has 6 heteroatoms. The molecule has 2 aromatic heterocycles. The molecule has 2 N–H and O–H groups in total. The summed E-state index contributed by atoms with van der Waals surface area (Å²) in [5.41, 5.74) is 0. The third-order valence-corrected chi connectivity index (χ3v) is 5.23. The van der Waals surface area contributed by atoms with Gasteiger partial charge >= 0.3 is 0 Å². The highest BCUT2D eigenvalue weighted by Crippen LogP contribution is 2.30. The lowest BCUT2D eigenvalue weighted by molar-refractivity contribution is 0.990. The summed E-state index contributed by atoms with van der Waals surface area (Å²) < 4.78 is 0. The fraction of sp³-hybridized carbons (Fsp3) is 0.571. The molecule has 0 amide bonds. The average molecular weight is 310 g/mol. The van der Waals surface area contributed by atoms with Gasteiger partial charge < -0.3 is 10.6 Å². The van der Waals surface area contributed by atoms with Gasteiger partial charge in [-0.15, -0.1) is 11.3 Å². The predicted octanol–water partition coefficient (Wildman–Crippen LogP) is 3.85. The molecular weight excluding hydrogens is 288 g/mol.